The monoisotopic (exact) mass is 406 g/mol. The van der Waals surface area contributed by atoms with Gasteiger partial charge in [0.15, 0.2) is 5.65 Å². The van der Waals surface area contributed by atoms with Gasteiger partial charge in [0, 0.05) is 34.6 Å². The molecule has 148 valence electrons. The second kappa shape index (κ2) is 8.23. The van der Waals surface area contributed by atoms with Crippen molar-refractivity contribution in [2.75, 3.05) is 27.2 Å². The third-order valence-electron chi connectivity index (χ3n) is 4.79. The maximum absolute atomic E-state index is 6.15. The molecule has 29 heavy (non-hydrogen) atoms. The second-order valence-corrected chi connectivity index (χ2v) is 7.69. The lowest BCUT2D eigenvalue weighted by Gasteiger charge is -2.11. The molecule has 4 aromatic rings. The maximum atomic E-state index is 6.15. The van der Waals surface area contributed by atoms with Crippen LogP contribution in [0.4, 0.5) is 0 Å². The van der Waals surface area contributed by atoms with Crippen LogP contribution in [0.2, 0.25) is 5.02 Å². The van der Waals surface area contributed by atoms with Gasteiger partial charge in [0.05, 0.1) is 6.20 Å². The van der Waals surface area contributed by atoms with Gasteiger partial charge >= 0.3 is 0 Å². The number of likely N-dealkylation sites (N-methyl/N-ethyl adjacent to an activating group) is 1. The maximum Gasteiger partial charge on any atom is 0.163 e. The average molecular weight is 407 g/mol. The quantitative estimate of drug-likeness (QED) is 0.453. The standard InChI is InChI=1S/C23H23ClN4O/c1-16-22(18-5-4-6-19(24)13-18)15-28-23(26-16)21(14-25-28)17-7-9-20(10-8-17)29-12-11-27(2)3/h4-10,13-15H,11-12H2,1-3H3. The highest BCUT2D eigenvalue weighted by atomic mass is 35.5. The Bertz CT molecular complexity index is 1140. The number of aromatic nitrogens is 3. The molecule has 0 amide bonds. The number of nitrogens with zero attached hydrogens (tertiary/aromatic N) is 4. The van der Waals surface area contributed by atoms with Gasteiger partial charge in [0.1, 0.15) is 12.4 Å². The largest absolute Gasteiger partial charge is 0.492 e. The van der Waals surface area contributed by atoms with E-state index in [2.05, 4.69) is 10.00 Å². The molecule has 0 N–H and O–H groups in total. The van der Waals surface area contributed by atoms with Gasteiger partial charge in [-0.15, -0.1) is 0 Å². The van der Waals surface area contributed by atoms with Crippen LogP contribution in [0.15, 0.2) is 60.9 Å². The second-order valence-electron chi connectivity index (χ2n) is 7.25. The highest BCUT2D eigenvalue weighted by molar-refractivity contribution is 6.30. The topological polar surface area (TPSA) is 42.7 Å². The van der Waals surface area contributed by atoms with Crippen LogP contribution in [0.3, 0.4) is 0 Å². The van der Waals surface area contributed by atoms with Gasteiger partial charge in [-0.1, -0.05) is 35.9 Å². The van der Waals surface area contributed by atoms with Crippen LogP contribution in [0.25, 0.3) is 27.9 Å². The molecule has 2 aromatic heterocycles. The third kappa shape index (κ3) is 4.26. The Kier molecular flexibility index (Phi) is 5.51. The molecule has 0 saturated heterocycles. The number of hydrogen-bond acceptors (Lipinski definition) is 4. The van der Waals surface area contributed by atoms with Gasteiger partial charge in [-0.05, 0) is 56.4 Å². The molecule has 4 rings (SSSR count). The van der Waals surface area contributed by atoms with Crippen molar-refractivity contribution in [1.82, 2.24) is 19.5 Å². The molecular formula is C23H23ClN4O. The normalized spacial score (nSPS) is 11.3. The van der Waals surface area contributed by atoms with Crippen molar-refractivity contribution in [2.24, 2.45) is 0 Å². The zero-order valence-electron chi connectivity index (χ0n) is 16.8. The Labute approximate surface area is 175 Å². The fourth-order valence-corrected chi connectivity index (χ4v) is 3.41. The summed E-state index contributed by atoms with van der Waals surface area (Å²) in [5, 5.41) is 5.23. The Morgan fingerprint density at radius 1 is 1.03 bits per heavy atom. The first kappa shape index (κ1) is 19.4. The lowest BCUT2D eigenvalue weighted by molar-refractivity contribution is 0.261. The average Bonchev–Trinajstić information content (AvgIpc) is 3.10. The summed E-state index contributed by atoms with van der Waals surface area (Å²) in [7, 11) is 4.06. The number of fused-ring (bicyclic) bond motifs is 1. The van der Waals surface area contributed by atoms with Crippen LogP contribution in [-0.2, 0) is 0 Å². The van der Waals surface area contributed by atoms with Crippen molar-refractivity contribution in [1.29, 1.82) is 0 Å². The summed E-state index contributed by atoms with van der Waals surface area (Å²) in [6.07, 6.45) is 3.86. The first-order valence-corrected chi connectivity index (χ1v) is 9.88. The van der Waals surface area contributed by atoms with Crippen LogP contribution in [0.5, 0.6) is 5.75 Å². The van der Waals surface area contributed by atoms with E-state index in [1.54, 1.807) is 0 Å². The van der Waals surface area contributed by atoms with Crippen molar-refractivity contribution >= 4 is 17.2 Å². The van der Waals surface area contributed by atoms with Crippen LogP contribution >= 0.6 is 11.6 Å². The van der Waals surface area contributed by atoms with E-state index in [9.17, 15) is 0 Å². The van der Waals surface area contributed by atoms with E-state index in [0.717, 1.165) is 45.9 Å². The number of hydrogen-bond donors (Lipinski definition) is 0. The van der Waals surface area contributed by atoms with E-state index in [1.165, 1.54) is 0 Å². The fourth-order valence-electron chi connectivity index (χ4n) is 3.22. The van der Waals surface area contributed by atoms with Crippen molar-refractivity contribution in [3.63, 3.8) is 0 Å². The molecule has 0 saturated carbocycles. The van der Waals surface area contributed by atoms with Gasteiger partial charge in [0.25, 0.3) is 0 Å². The highest BCUT2D eigenvalue weighted by Crippen LogP contribution is 2.29. The summed E-state index contributed by atoms with van der Waals surface area (Å²) in [6, 6.07) is 15.8. The van der Waals surface area contributed by atoms with Crippen LogP contribution < -0.4 is 4.74 Å². The summed E-state index contributed by atoms with van der Waals surface area (Å²) >= 11 is 6.15. The number of aryl methyl sites for hydroxylation is 1. The van der Waals surface area contributed by atoms with E-state index in [-0.39, 0.29) is 0 Å². The molecule has 0 unspecified atom stereocenters. The van der Waals surface area contributed by atoms with E-state index in [1.807, 2.05) is 86.5 Å². The number of rotatable bonds is 6. The molecule has 6 heteroatoms. The number of halogens is 1. The molecule has 0 atom stereocenters. The first-order valence-electron chi connectivity index (χ1n) is 9.50. The lowest BCUT2D eigenvalue weighted by Crippen LogP contribution is -2.19. The molecule has 2 aromatic carbocycles. The Balaban J connectivity index is 1.63. The minimum atomic E-state index is 0.663. The molecule has 0 aliphatic heterocycles. The van der Waals surface area contributed by atoms with Gasteiger partial charge in [-0.2, -0.15) is 5.10 Å². The molecule has 0 aliphatic rings. The predicted molar refractivity (Wildman–Crippen MR) is 118 cm³/mol. The molecule has 0 radical (unpaired) electrons. The van der Waals surface area contributed by atoms with Gasteiger partial charge in [-0.25, -0.2) is 9.50 Å². The van der Waals surface area contributed by atoms with Crippen molar-refractivity contribution in [3.05, 3.63) is 71.6 Å². The van der Waals surface area contributed by atoms with Crippen LogP contribution in [0, 0.1) is 6.92 Å². The Morgan fingerprint density at radius 2 is 1.83 bits per heavy atom. The summed E-state index contributed by atoms with van der Waals surface area (Å²) in [4.78, 5) is 6.93. The first-order chi connectivity index (χ1) is 14.0. The molecule has 0 bridgehead atoms. The van der Waals surface area contributed by atoms with E-state index in [4.69, 9.17) is 21.3 Å². The molecule has 5 nitrogen and oxygen atoms in total. The molecule has 0 aliphatic carbocycles. The van der Waals surface area contributed by atoms with Crippen molar-refractivity contribution in [2.45, 2.75) is 6.92 Å². The summed E-state index contributed by atoms with van der Waals surface area (Å²) in [6.45, 7) is 3.55. The lowest BCUT2D eigenvalue weighted by atomic mass is 10.1. The smallest absolute Gasteiger partial charge is 0.163 e. The van der Waals surface area contributed by atoms with Crippen LogP contribution in [0.1, 0.15) is 5.69 Å². The van der Waals surface area contributed by atoms with Crippen molar-refractivity contribution < 1.29 is 4.74 Å². The summed E-state index contributed by atoms with van der Waals surface area (Å²) < 4.78 is 7.60. The zero-order valence-corrected chi connectivity index (χ0v) is 17.5. The fraction of sp³-hybridized carbons (Fsp3) is 0.217. The molecule has 0 fully saturated rings. The molecule has 0 spiro atoms. The summed E-state index contributed by atoms with van der Waals surface area (Å²) in [5.41, 5.74) is 5.85. The Morgan fingerprint density at radius 3 is 2.55 bits per heavy atom. The van der Waals surface area contributed by atoms with E-state index >= 15 is 0 Å². The van der Waals surface area contributed by atoms with E-state index in [0.29, 0.717) is 11.6 Å². The minimum Gasteiger partial charge on any atom is -0.492 e. The van der Waals surface area contributed by atoms with Crippen molar-refractivity contribution in [3.8, 4) is 28.0 Å². The number of benzene rings is 2. The highest BCUT2D eigenvalue weighted by Gasteiger charge is 2.12. The SMILES string of the molecule is Cc1nc2c(-c3ccc(OCCN(C)C)cc3)cnn2cc1-c1cccc(Cl)c1. The summed E-state index contributed by atoms with van der Waals surface area (Å²) in [5.74, 6) is 0.861. The molecule has 2 heterocycles. The minimum absolute atomic E-state index is 0.663. The van der Waals surface area contributed by atoms with Gasteiger partial charge in [0.2, 0.25) is 0 Å². The number of ether oxygens (including phenoxy) is 1. The van der Waals surface area contributed by atoms with Gasteiger partial charge < -0.3 is 9.64 Å². The third-order valence-corrected chi connectivity index (χ3v) is 5.03. The molecular weight excluding hydrogens is 384 g/mol. The zero-order chi connectivity index (χ0) is 20.4. The van der Waals surface area contributed by atoms with E-state index < -0.39 is 0 Å². The Hall–Kier alpha value is -2.89. The predicted octanol–water partition coefficient (Wildman–Crippen LogP) is 4.97. The van der Waals surface area contributed by atoms with Gasteiger partial charge in [-0.3, -0.25) is 0 Å². The van der Waals surface area contributed by atoms with Crippen LogP contribution in [-0.4, -0.2) is 46.7 Å².